The van der Waals surface area contributed by atoms with E-state index >= 15 is 0 Å². The molecule has 2 aromatic heterocycles. The van der Waals surface area contributed by atoms with E-state index in [0.29, 0.717) is 11.1 Å². The molecular weight excluding hydrogens is 657 g/mol. The summed E-state index contributed by atoms with van der Waals surface area (Å²) in [5.74, 6) is 0. The van der Waals surface area contributed by atoms with E-state index in [1.165, 1.54) is 0 Å². The number of nitrogens with zero attached hydrogens (tertiary/aromatic N) is 4. The predicted molar refractivity (Wildman–Crippen MR) is 221 cm³/mol. The first kappa shape index (κ1) is 31.1. The van der Waals surface area contributed by atoms with E-state index in [0.717, 1.165) is 88.4 Å². The molecule has 0 aliphatic rings. The van der Waals surface area contributed by atoms with E-state index < -0.39 is 0 Å². The highest BCUT2D eigenvalue weighted by atomic mass is 15.0. The van der Waals surface area contributed by atoms with Gasteiger partial charge in [-0.15, -0.1) is 0 Å². The Balaban J connectivity index is 1.32. The van der Waals surface area contributed by atoms with Gasteiger partial charge in [0.1, 0.15) is 0 Å². The molecule has 8 aromatic carbocycles. The number of aromatic nitrogens is 2. The fraction of sp³-hybridized carbons (Fsp3) is 0. The van der Waals surface area contributed by atoms with Gasteiger partial charge in [-0.2, -0.15) is 10.5 Å². The number of benzene rings is 8. The Kier molecular flexibility index (Phi) is 7.22. The van der Waals surface area contributed by atoms with Crippen LogP contribution in [0.25, 0.3) is 88.4 Å². The first-order chi connectivity index (χ1) is 26.7. The van der Waals surface area contributed by atoms with Gasteiger partial charge in [0.25, 0.3) is 0 Å². The van der Waals surface area contributed by atoms with Crippen molar-refractivity contribution < 1.29 is 0 Å². The van der Waals surface area contributed by atoms with Gasteiger partial charge in [0.15, 0.2) is 0 Å². The van der Waals surface area contributed by atoms with Crippen LogP contribution in [0.2, 0.25) is 0 Å². The minimum atomic E-state index is 0.632. The summed E-state index contributed by atoms with van der Waals surface area (Å²) >= 11 is 0. The highest BCUT2D eigenvalue weighted by Gasteiger charge is 2.19. The lowest BCUT2D eigenvalue weighted by atomic mass is 9.93. The van der Waals surface area contributed by atoms with Crippen molar-refractivity contribution in [3.05, 3.63) is 193 Å². The zero-order valence-electron chi connectivity index (χ0n) is 29.1. The quantitative estimate of drug-likeness (QED) is 0.181. The molecule has 10 rings (SSSR count). The zero-order valence-corrected chi connectivity index (χ0v) is 29.1. The molecule has 0 fully saturated rings. The fourth-order valence-corrected chi connectivity index (χ4v) is 8.05. The molecule has 0 aliphatic heterocycles. The van der Waals surface area contributed by atoms with E-state index in [9.17, 15) is 10.5 Å². The van der Waals surface area contributed by atoms with Gasteiger partial charge in [-0.1, -0.05) is 97.1 Å². The van der Waals surface area contributed by atoms with Crippen LogP contribution >= 0.6 is 0 Å². The number of para-hydroxylation sites is 2. The van der Waals surface area contributed by atoms with Gasteiger partial charge < -0.3 is 9.13 Å². The van der Waals surface area contributed by atoms with Crippen LogP contribution < -0.4 is 0 Å². The summed E-state index contributed by atoms with van der Waals surface area (Å²) in [5.41, 5.74) is 14.2. The van der Waals surface area contributed by atoms with Crippen LogP contribution in [-0.4, -0.2) is 9.13 Å². The van der Waals surface area contributed by atoms with E-state index in [1.54, 1.807) is 0 Å². The van der Waals surface area contributed by atoms with Crippen LogP contribution in [0.3, 0.4) is 0 Å². The molecule has 4 nitrogen and oxygen atoms in total. The lowest BCUT2D eigenvalue weighted by molar-refractivity contribution is 1.13. The van der Waals surface area contributed by atoms with Crippen molar-refractivity contribution in [3.63, 3.8) is 0 Å². The fourth-order valence-electron chi connectivity index (χ4n) is 8.05. The topological polar surface area (TPSA) is 57.4 Å². The standard InChI is InChI=1S/C50H30N4/c51-31-33-19-21-49-45(23-33)43-15-7-9-17-47(43)53(49)41-28-40(39-26-37(35-11-3-1-4-12-35)25-38(27-39)36-13-5-2-6-14-36)29-42(30-41)54-48-18-10-8-16-44(48)46-24-34(32-52)20-22-50(46)54/h1-30H. The number of rotatable bonds is 5. The van der Waals surface area contributed by atoms with Gasteiger partial charge in [-0.05, 0) is 118 Å². The number of hydrogen-bond donors (Lipinski definition) is 0. The van der Waals surface area contributed by atoms with Crippen LogP contribution in [0.15, 0.2) is 182 Å². The third-order valence-corrected chi connectivity index (χ3v) is 10.5. The van der Waals surface area contributed by atoms with Crippen molar-refractivity contribution in [1.29, 1.82) is 10.5 Å². The molecule has 54 heavy (non-hydrogen) atoms. The molecule has 250 valence electrons. The maximum absolute atomic E-state index is 9.84. The Morgan fingerprint density at radius 1 is 0.296 bits per heavy atom. The Morgan fingerprint density at radius 3 is 1.11 bits per heavy atom. The highest BCUT2D eigenvalue weighted by Crippen LogP contribution is 2.40. The van der Waals surface area contributed by atoms with Crippen LogP contribution in [0, 0.1) is 22.7 Å². The van der Waals surface area contributed by atoms with Gasteiger partial charge in [-0.3, -0.25) is 0 Å². The summed E-state index contributed by atoms with van der Waals surface area (Å²) in [6.07, 6.45) is 0. The number of nitriles is 2. The molecule has 0 radical (unpaired) electrons. The second-order valence-corrected chi connectivity index (χ2v) is 13.7. The van der Waals surface area contributed by atoms with Crippen molar-refractivity contribution in [2.45, 2.75) is 0 Å². The van der Waals surface area contributed by atoms with Crippen LogP contribution in [0.5, 0.6) is 0 Å². The normalized spacial score (nSPS) is 11.3. The Hall–Kier alpha value is -7.66. The van der Waals surface area contributed by atoms with Crippen LogP contribution in [-0.2, 0) is 0 Å². The predicted octanol–water partition coefficient (Wildman–Crippen LogP) is 12.6. The van der Waals surface area contributed by atoms with E-state index in [2.05, 4.69) is 179 Å². The van der Waals surface area contributed by atoms with Crippen molar-refractivity contribution >= 4 is 43.6 Å². The molecule has 10 aromatic rings. The summed E-state index contributed by atoms with van der Waals surface area (Å²) in [7, 11) is 0. The highest BCUT2D eigenvalue weighted by molar-refractivity contribution is 6.11. The zero-order chi connectivity index (χ0) is 36.2. The third kappa shape index (κ3) is 5.06. The first-order valence-electron chi connectivity index (χ1n) is 18.0. The average Bonchev–Trinajstić information content (AvgIpc) is 3.76. The molecule has 0 bridgehead atoms. The average molecular weight is 687 g/mol. The van der Waals surface area contributed by atoms with Crippen LogP contribution in [0.1, 0.15) is 11.1 Å². The minimum absolute atomic E-state index is 0.632. The Morgan fingerprint density at radius 2 is 0.667 bits per heavy atom. The van der Waals surface area contributed by atoms with Crippen LogP contribution in [0.4, 0.5) is 0 Å². The molecule has 0 amide bonds. The molecule has 4 heteroatoms. The van der Waals surface area contributed by atoms with Crippen molar-refractivity contribution in [2.24, 2.45) is 0 Å². The summed E-state index contributed by atoms with van der Waals surface area (Å²) in [6.45, 7) is 0. The second kappa shape index (κ2) is 12.5. The SMILES string of the molecule is N#Cc1ccc2c(c1)c1ccccc1n2-c1cc(-c2cc(-c3ccccc3)cc(-c3ccccc3)c2)cc(-n2c3ccccc3c3cc(C#N)ccc32)c1. The van der Waals surface area contributed by atoms with E-state index in [1.807, 2.05) is 24.3 Å². The maximum Gasteiger partial charge on any atom is 0.0991 e. The van der Waals surface area contributed by atoms with Gasteiger partial charge >= 0.3 is 0 Å². The molecule has 0 unspecified atom stereocenters. The molecule has 0 saturated carbocycles. The van der Waals surface area contributed by atoms with Crippen molar-refractivity contribution in [2.75, 3.05) is 0 Å². The lowest BCUT2D eigenvalue weighted by Gasteiger charge is -2.17. The smallest absolute Gasteiger partial charge is 0.0991 e. The Bertz CT molecular complexity index is 2960. The summed E-state index contributed by atoms with van der Waals surface area (Å²) in [6, 6.07) is 68.2. The van der Waals surface area contributed by atoms with Gasteiger partial charge in [0.05, 0.1) is 45.3 Å². The van der Waals surface area contributed by atoms with Gasteiger partial charge in [0, 0.05) is 32.9 Å². The minimum Gasteiger partial charge on any atom is -0.309 e. The maximum atomic E-state index is 9.84. The Labute approximate surface area is 312 Å². The molecule has 2 heterocycles. The molecule has 0 N–H and O–H groups in total. The van der Waals surface area contributed by atoms with E-state index in [-0.39, 0.29) is 0 Å². The molecule has 0 spiro atoms. The second-order valence-electron chi connectivity index (χ2n) is 13.7. The number of fused-ring (bicyclic) bond motifs is 6. The van der Waals surface area contributed by atoms with Crippen molar-refractivity contribution in [3.8, 4) is 56.9 Å². The third-order valence-electron chi connectivity index (χ3n) is 10.5. The molecular formula is C50H30N4. The number of hydrogen-bond acceptors (Lipinski definition) is 2. The first-order valence-corrected chi connectivity index (χ1v) is 18.0. The molecule has 0 aliphatic carbocycles. The van der Waals surface area contributed by atoms with Gasteiger partial charge in [0.2, 0.25) is 0 Å². The van der Waals surface area contributed by atoms with E-state index in [4.69, 9.17) is 0 Å². The lowest BCUT2D eigenvalue weighted by Crippen LogP contribution is -2.00. The van der Waals surface area contributed by atoms with Gasteiger partial charge in [-0.25, -0.2) is 0 Å². The van der Waals surface area contributed by atoms with Crippen molar-refractivity contribution in [1.82, 2.24) is 9.13 Å². The summed E-state index contributed by atoms with van der Waals surface area (Å²) in [4.78, 5) is 0. The summed E-state index contributed by atoms with van der Waals surface area (Å²) in [5, 5.41) is 23.9. The summed E-state index contributed by atoms with van der Waals surface area (Å²) < 4.78 is 4.64. The largest absolute Gasteiger partial charge is 0.309 e. The molecule has 0 saturated heterocycles. The monoisotopic (exact) mass is 686 g/mol. The molecule has 0 atom stereocenters.